The molecule has 0 spiro atoms. The fourth-order valence-corrected chi connectivity index (χ4v) is 2.55. The van der Waals surface area contributed by atoms with Crippen LogP contribution < -0.4 is 5.32 Å². The number of hydrogen-bond acceptors (Lipinski definition) is 3. The third-order valence-electron chi connectivity index (χ3n) is 3.93. The van der Waals surface area contributed by atoms with Gasteiger partial charge in [0.25, 0.3) is 0 Å². The Morgan fingerprint density at radius 2 is 1.75 bits per heavy atom. The first kappa shape index (κ1) is 17.9. The van der Waals surface area contributed by atoms with Gasteiger partial charge in [-0.3, -0.25) is 4.79 Å². The summed E-state index contributed by atoms with van der Waals surface area (Å²) < 4.78 is 12.9. The number of aliphatic hydroxyl groups excluding tert-OH is 1. The van der Waals surface area contributed by atoms with Gasteiger partial charge < -0.3 is 15.5 Å². The molecule has 1 amide bonds. The molecule has 2 atom stereocenters. The number of aromatic hydroxyl groups is 1. The minimum absolute atomic E-state index is 0.0429. The highest BCUT2D eigenvalue weighted by Crippen LogP contribution is 2.19. The van der Waals surface area contributed by atoms with E-state index in [0.29, 0.717) is 6.42 Å². The third kappa shape index (κ3) is 5.35. The van der Waals surface area contributed by atoms with Crippen LogP contribution in [0.15, 0.2) is 48.5 Å². The van der Waals surface area contributed by atoms with Crippen molar-refractivity contribution in [1.82, 2.24) is 5.32 Å². The zero-order valence-corrected chi connectivity index (χ0v) is 13.6. The maximum Gasteiger partial charge on any atom is 0.220 e. The maximum absolute atomic E-state index is 12.9. The van der Waals surface area contributed by atoms with Crippen molar-refractivity contribution in [1.29, 1.82) is 0 Å². The number of amides is 1. The van der Waals surface area contributed by atoms with Gasteiger partial charge in [0.2, 0.25) is 5.91 Å². The Morgan fingerprint density at radius 3 is 2.33 bits per heavy atom. The lowest BCUT2D eigenvalue weighted by atomic mass is 9.97. The fourth-order valence-electron chi connectivity index (χ4n) is 2.55. The minimum Gasteiger partial charge on any atom is -0.508 e. The molecule has 0 fully saturated rings. The van der Waals surface area contributed by atoms with E-state index in [0.717, 1.165) is 11.1 Å². The van der Waals surface area contributed by atoms with Crippen LogP contribution in [-0.2, 0) is 11.2 Å². The molecule has 2 aromatic rings. The van der Waals surface area contributed by atoms with Crippen LogP contribution in [-0.4, -0.2) is 28.8 Å². The highest BCUT2D eigenvalue weighted by atomic mass is 19.1. The molecule has 0 aromatic heterocycles. The summed E-state index contributed by atoms with van der Waals surface area (Å²) in [4.78, 5) is 12.2. The predicted octanol–water partition coefficient (Wildman–Crippen LogP) is 2.74. The number of carbonyl (C=O) groups excluding carboxylic acids is 1. The quantitative estimate of drug-likeness (QED) is 0.731. The Hall–Kier alpha value is -2.40. The summed E-state index contributed by atoms with van der Waals surface area (Å²) in [6.07, 6.45) is 0.741. The van der Waals surface area contributed by atoms with Gasteiger partial charge in [0, 0.05) is 6.42 Å². The van der Waals surface area contributed by atoms with Crippen molar-refractivity contribution in [3.63, 3.8) is 0 Å². The average Bonchev–Trinajstić information content (AvgIpc) is 2.56. The largest absolute Gasteiger partial charge is 0.508 e. The van der Waals surface area contributed by atoms with E-state index in [1.165, 1.54) is 12.1 Å². The van der Waals surface area contributed by atoms with Crippen LogP contribution in [0.1, 0.15) is 30.4 Å². The van der Waals surface area contributed by atoms with Crippen LogP contribution in [0.3, 0.4) is 0 Å². The van der Waals surface area contributed by atoms with Gasteiger partial charge in [-0.25, -0.2) is 4.39 Å². The lowest BCUT2D eigenvalue weighted by Gasteiger charge is -2.18. The molecular weight excluding hydrogens is 309 g/mol. The molecule has 2 aromatic carbocycles. The van der Waals surface area contributed by atoms with Crippen LogP contribution in [0.5, 0.6) is 5.75 Å². The Bertz CT molecular complexity index is 655. The summed E-state index contributed by atoms with van der Waals surface area (Å²) in [5, 5.41) is 21.6. The van der Waals surface area contributed by atoms with Gasteiger partial charge in [0.05, 0.1) is 12.6 Å². The van der Waals surface area contributed by atoms with Gasteiger partial charge >= 0.3 is 0 Å². The minimum atomic E-state index is -0.387. The molecule has 24 heavy (non-hydrogen) atoms. The van der Waals surface area contributed by atoms with Crippen molar-refractivity contribution < 1.29 is 19.4 Å². The Morgan fingerprint density at radius 1 is 1.12 bits per heavy atom. The van der Waals surface area contributed by atoms with E-state index in [4.69, 9.17) is 0 Å². The molecular formula is C19H22FNO3. The Kier molecular flexibility index (Phi) is 6.32. The molecule has 3 N–H and O–H groups in total. The summed E-state index contributed by atoms with van der Waals surface area (Å²) in [6.45, 7) is 1.73. The fraction of sp³-hybridized carbons (Fsp3) is 0.316. The third-order valence-corrected chi connectivity index (χ3v) is 3.93. The SMILES string of the molecule is CC(CC(=O)N[C@H](CO)Cc1ccc(O)cc1)c1ccc(F)cc1. The molecule has 1 unspecified atom stereocenters. The highest BCUT2D eigenvalue weighted by molar-refractivity contribution is 5.77. The number of halogens is 1. The van der Waals surface area contributed by atoms with Gasteiger partial charge in [-0.1, -0.05) is 31.2 Å². The van der Waals surface area contributed by atoms with E-state index in [1.54, 1.807) is 36.4 Å². The van der Waals surface area contributed by atoms with E-state index in [1.807, 2.05) is 6.92 Å². The van der Waals surface area contributed by atoms with Crippen LogP contribution in [0.25, 0.3) is 0 Å². The second-order valence-corrected chi connectivity index (χ2v) is 5.97. The van der Waals surface area contributed by atoms with Crippen LogP contribution in [0.4, 0.5) is 4.39 Å². The normalized spacial score (nSPS) is 13.3. The molecule has 0 saturated carbocycles. The molecule has 0 aliphatic heterocycles. The van der Waals surface area contributed by atoms with E-state index in [2.05, 4.69) is 5.32 Å². The van der Waals surface area contributed by atoms with Crippen molar-refractivity contribution >= 4 is 5.91 Å². The maximum atomic E-state index is 12.9. The smallest absolute Gasteiger partial charge is 0.220 e. The zero-order valence-electron chi connectivity index (χ0n) is 13.6. The average molecular weight is 331 g/mol. The Labute approximate surface area is 141 Å². The molecule has 0 bridgehead atoms. The van der Waals surface area contributed by atoms with E-state index in [9.17, 15) is 19.4 Å². The molecule has 0 saturated heterocycles. The number of hydrogen-bond donors (Lipinski definition) is 3. The van der Waals surface area contributed by atoms with Gasteiger partial charge in [0.1, 0.15) is 11.6 Å². The van der Waals surface area contributed by atoms with Crippen LogP contribution >= 0.6 is 0 Å². The molecule has 0 aliphatic carbocycles. The molecule has 128 valence electrons. The van der Waals surface area contributed by atoms with E-state index >= 15 is 0 Å². The monoisotopic (exact) mass is 331 g/mol. The molecule has 2 rings (SSSR count). The summed E-state index contributed by atoms with van der Waals surface area (Å²) in [5.74, 6) is -0.329. The van der Waals surface area contributed by atoms with Crippen molar-refractivity contribution in [2.75, 3.05) is 6.61 Å². The summed E-state index contributed by atoms with van der Waals surface area (Å²) in [5.41, 5.74) is 1.81. The number of nitrogens with one attached hydrogen (secondary N) is 1. The van der Waals surface area contributed by atoms with Gasteiger partial charge in [0.15, 0.2) is 0 Å². The molecule has 0 radical (unpaired) electrons. The lowest BCUT2D eigenvalue weighted by molar-refractivity contribution is -0.122. The standard InChI is InChI=1S/C19H22FNO3/c1-13(15-4-6-16(20)7-5-15)10-19(24)21-17(12-22)11-14-2-8-18(23)9-3-14/h2-9,13,17,22-23H,10-12H2,1H3,(H,21,24)/t13?,17-/m0/s1. The summed E-state index contributed by atoms with van der Waals surface area (Å²) in [7, 11) is 0. The van der Waals surface area contributed by atoms with Gasteiger partial charge in [-0.05, 0) is 47.7 Å². The zero-order chi connectivity index (χ0) is 17.5. The van der Waals surface area contributed by atoms with E-state index < -0.39 is 0 Å². The summed E-state index contributed by atoms with van der Waals surface area (Å²) >= 11 is 0. The highest BCUT2D eigenvalue weighted by Gasteiger charge is 2.16. The second kappa shape index (κ2) is 8.45. The number of phenolic OH excluding ortho intramolecular Hbond substituents is 1. The van der Waals surface area contributed by atoms with Crippen molar-refractivity contribution in [2.45, 2.75) is 31.7 Å². The number of phenols is 1. The first-order chi connectivity index (χ1) is 11.5. The molecule has 0 heterocycles. The number of carbonyl (C=O) groups is 1. The van der Waals surface area contributed by atoms with Gasteiger partial charge in [-0.15, -0.1) is 0 Å². The van der Waals surface area contributed by atoms with E-state index in [-0.39, 0.29) is 42.5 Å². The second-order valence-electron chi connectivity index (χ2n) is 5.97. The summed E-state index contributed by atoms with van der Waals surface area (Å²) in [6, 6.07) is 12.4. The number of benzene rings is 2. The van der Waals surface area contributed by atoms with Crippen molar-refractivity contribution in [2.24, 2.45) is 0 Å². The van der Waals surface area contributed by atoms with Crippen LogP contribution in [0.2, 0.25) is 0 Å². The number of aliphatic hydroxyl groups is 1. The number of rotatable bonds is 7. The van der Waals surface area contributed by atoms with Gasteiger partial charge in [-0.2, -0.15) is 0 Å². The molecule has 5 heteroatoms. The van der Waals surface area contributed by atoms with Crippen molar-refractivity contribution in [3.8, 4) is 5.75 Å². The molecule has 4 nitrogen and oxygen atoms in total. The Balaban J connectivity index is 1.89. The predicted molar refractivity (Wildman–Crippen MR) is 90.3 cm³/mol. The van der Waals surface area contributed by atoms with Crippen LogP contribution in [0, 0.1) is 5.82 Å². The lowest BCUT2D eigenvalue weighted by Crippen LogP contribution is -2.39. The molecule has 0 aliphatic rings. The topological polar surface area (TPSA) is 69.6 Å². The van der Waals surface area contributed by atoms with Crippen molar-refractivity contribution in [3.05, 3.63) is 65.5 Å². The first-order valence-electron chi connectivity index (χ1n) is 7.91. The first-order valence-corrected chi connectivity index (χ1v) is 7.91.